The van der Waals surface area contributed by atoms with E-state index in [9.17, 15) is 19.2 Å². The number of hydrogen-bond donors (Lipinski definition) is 0. The van der Waals surface area contributed by atoms with E-state index in [4.69, 9.17) is 0 Å². The maximum Gasteiger partial charge on any atom is 0.223 e. The molecule has 6 nitrogen and oxygen atoms in total. The molecule has 0 unspecified atom stereocenters. The molecule has 0 N–H and O–H groups in total. The number of nitrogens with zero attached hydrogens (tertiary/aromatic N) is 2. The fraction of sp³-hybridized carbons (Fsp3) is 0.200. The highest BCUT2D eigenvalue weighted by atomic mass is 16.2. The van der Waals surface area contributed by atoms with E-state index in [0.717, 1.165) is 0 Å². The molecule has 0 saturated carbocycles. The van der Waals surface area contributed by atoms with Crippen LogP contribution in [0.5, 0.6) is 0 Å². The van der Waals surface area contributed by atoms with Gasteiger partial charge >= 0.3 is 0 Å². The van der Waals surface area contributed by atoms with E-state index in [0.29, 0.717) is 11.4 Å². The van der Waals surface area contributed by atoms with E-state index in [1.807, 2.05) is 0 Å². The van der Waals surface area contributed by atoms with E-state index >= 15 is 0 Å². The van der Waals surface area contributed by atoms with Crippen LogP contribution in [0.15, 0.2) is 36.4 Å². The summed E-state index contributed by atoms with van der Waals surface area (Å²) in [4.78, 5) is 52.5. The van der Waals surface area contributed by atoms with Crippen LogP contribution in [0, 0.1) is 0 Å². The van der Waals surface area contributed by atoms with Crippen LogP contribution in [0.3, 0.4) is 0 Å². The van der Waals surface area contributed by atoms with Crippen LogP contribution in [0.4, 0.5) is 11.4 Å². The van der Waals surface area contributed by atoms with Crippen LogP contribution < -0.4 is 9.80 Å². The number of anilines is 2. The second kappa shape index (κ2) is 6.22. The van der Waals surface area contributed by atoms with Gasteiger partial charge in [-0.25, -0.2) is 0 Å². The molecule has 0 aliphatic heterocycles. The zero-order valence-electron chi connectivity index (χ0n) is 15.0. The molecule has 3 rings (SSSR count). The molecule has 0 bridgehead atoms. The molecule has 132 valence electrons. The lowest BCUT2D eigenvalue weighted by Crippen LogP contribution is -2.31. The van der Waals surface area contributed by atoms with Crippen molar-refractivity contribution in [1.29, 1.82) is 0 Å². The average Bonchev–Trinajstić information content (AvgIpc) is 2.63. The number of carbonyl (C=O) groups is 4. The zero-order valence-corrected chi connectivity index (χ0v) is 15.0. The van der Waals surface area contributed by atoms with Gasteiger partial charge in [0, 0.05) is 39.1 Å². The monoisotopic (exact) mass is 350 g/mol. The molecule has 1 aliphatic carbocycles. The summed E-state index contributed by atoms with van der Waals surface area (Å²) >= 11 is 0. The van der Waals surface area contributed by atoms with Gasteiger partial charge in [0.2, 0.25) is 11.8 Å². The number of hydrogen-bond acceptors (Lipinski definition) is 4. The third kappa shape index (κ3) is 2.50. The molecule has 0 saturated heterocycles. The molecule has 0 heterocycles. The van der Waals surface area contributed by atoms with Gasteiger partial charge in [0.05, 0.1) is 22.5 Å². The molecular weight excluding hydrogens is 332 g/mol. The molecule has 6 heteroatoms. The quantitative estimate of drug-likeness (QED) is 0.711. The van der Waals surface area contributed by atoms with Gasteiger partial charge in [-0.05, 0) is 12.1 Å². The lowest BCUT2D eigenvalue weighted by atomic mass is 9.82. The maximum absolute atomic E-state index is 13.2. The van der Waals surface area contributed by atoms with E-state index < -0.39 is 0 Å². The third-order valence-corrected chi connectivity index (χ3v) is 4.70. The largest absolute Gasteiger partial charge is 0.315 e. The molecule has 26 heavy (non-hydrogen) atoms. The normalized spacial score (nSPS) is 12.3. The number of fused-ring (bicyclic) bond motifs is 2. The highest BCUT2D eigenvalue weighted by molar-refractivity contribution is 6.32. The lowest BCUT2D eigenvalue weighted by Gasteiger charge is -2.27. The Morgan fingerprint density at radius 1 is 0.692 bits per heavy atom. The number of benzene rings is 2. The van der Waals surface area contributed by atoms with E-state index in [2.05, 4.69) is 0 Å². The fourth-order valence-electron chi connectivity index (χ4n) is 3.10. The maximum atomic E-state index is 13.2. The second-order valence-corrected chi connectivity index (χ2v) is 6.21. The highest BCUT2D eigenvalue weighted by Gasteiger charge is 2.35. The summed E-state index contributed by atoms with van der Waals surface area (Å²) in [7, 11) is 3.12. The van der Waals surface area contributed by atoms with Crippen LogP contribution in [0.2, 0.25) is 0 Å². The van der Waals surface area contributed by atoms with Crippen molar-refractivity contribution in [2.75, 3.05) is 23.9 Å². The van der Waals surface area contributed by atoms with Crippen LogP contribution in [-0.4, -0.2) is 37.5 Å². The van der Waals surface area contributed by atoms with Crippen molar-refractivity contribution < 1.29 is 19.2 Å². The summed E-state index contributed by atoms with van der Waals surface area (Å²) < 4.78 is 0. The van der Waals surface area contributed by atoms with Crippen LogP contribution >= 0.6 is 0 Å². The van der Waals surface area contributed by atoms with Crippen molar-refractivity contribution in [2.24, 2.45) is 0 Å². The van der Waals surface area contributed by atoms with Gasteiger partial charge in [-0.1, -0.05) is 24.3 Å². The average molecular weight is 350 g/mol. The Labute approximate surface area is 151 Å². The van der Waals surface area contributed by atoms with Gasteiger partial charge < -0.3 is 9.80 Å². The fourth-order valence-corrected chi connectivity index (χ4v) is 3.10. The minimum Gasteiger partial charge on any atom is -0.315 e. The predicted molar refractivity (Wildman–Crippen MR) is 97.9 cm³/mol. The van der Waals surface area contributed by atoms with E-state index in [-0.39, 0.29) is 45.6 Å². The Bertz CT molecular complexity index is 898. The third-order valence-electron chi connectivity index (χ3n) is 4.70. The van der Waals surface area contributed by atoms with Crippen molar-refractivity contribution in [3.63, 3.8) is 0 Å². The zero-order chi connectivity index (χ0) is 19.2. The molecule has 0 radical (unpaired) electrons. The SMILES string of the molecule is CC(=O)N(C)c1cccc2c1C(=O)c1cccc(N(C)C(C)=O)c1C2=O. The Morgan fingerprint density at radius 2 is 1.04 bits per heavy atom. The lowest BCUT2D eigenvalue weighted by molar-refractivity contribution is -0.117. The van der Waals surface area contributed by atoms with Crippen LogP contribution in [-0.2, 0) is 9.59 Å². The topological polar surface area (TPSA) is 74.8 Å². The van der Waals surface area contributed by atoms with E-state index in [1.165, 1.54) is 23.6 Å². The van der Waals surface area contributed by atoms with Gasteiger partial charge in [0.25, 0.3) is 0 Å². The molecule has 0 fully saturated rings. The van der Waals surface area contributed by atoms with Gasteiger partial charge in [0.15, 0.2) is 11.6 Å². The molecule has 0 spiro atoms. The van der Waals surface area contributed by atoms with Crippen molar-refractivity contribution in [3.05, 3.63) is 58.7 Å². The van der Waals surface area contributed by atoms with Gasteiger partial charge in [-0.15, -0.1) is 0 Å². The standard InChI is InChI=1S/C20H18N2O4/c1-11(23)21(3)15-9-5-7-13-17(15)19(25)14-8-6-10-16(18(14)20(13)26)22(4)12(2)24/h5-10H,1-4H3. The first-order valence-corrected chi connectivity index (χ1v) is 8.09. The summed E-state index contributed by atoms with van der Waals surface area (Å²) in [5, 5.41) is 0. The number of amides is 2. The summed E-state index contributed by atoms with van der Waals surface area (Å²) in [6.45, 7) is 2.78. The summed E-state index contributed by atoms with van der Waals surface area (Å²) in [6.07, 6.45) is 0. The molecule has 1 aliphatic rings. The van der Waals surface area contributed by atoms with Gasteiger partial charge in [-0.2, -0.15) is 0 Å². The Hall–Kier alpha value is -3.28. The number of ketones is 2. The number of rotatable bonds is 2. The molecule has 0 atom stereocenters. The molecule has 2 amide bonds. The molecule has 2 aromatic rings. The molecule has 2 aromatic carbocycles. The summed E-state index contributed by atoms with van der Waals surface area (Å²) in [5.41, 5.74) is 1.68. The molecule has 0 aromatic heterocycles. The van der Waals surface area contributed by atoms with Crippen LogP contribution in [0.1, 0.15) is 45.7 Å². The van der Waals surface area contributed by atoms with Gasteiger partial charge in [0.1, 0.15) is 0 Å². The minimum absolute atomic E-state index is 0.213. The number of carbonyl (C=O) groups excluding carboxylic acids is 4. The predicted octanol–water partition coefficient (Wildman–Crippen LogP) is 2.43. The van der Waals surface area contributed by atoms with Crippen LogP contribution in [0.25, 0.3) is 0 Å². The Kier molecular flexibility index (Phi) is 4.20. The van der Waals surface area contributed by atoms with Crippen molar-refractivity contribution in [3.8, 4) is 0 Å². The highest BCUT2D eigenvalue weighted by Crippen LogP contribution is 2.37. The summed E-state index contributed by atoms with van der Waals surface area (Å²) in [6, 6.07) is 9.70. The summed E-state index contributed by atoms with van der Waals surface area (Å²) in [5.74, 6) is -1.15. The Balaban J connectivity index is 2.28. The first-order chi connectivity index (χ1) is 12.3. The van der Waals surface area contributed by atoms with Crippen molar-refractivity contribution >= 4 is 34.8 Å². The smallest absolute Gasteiger partial charge is 0.223 e. The minimum atomic E-state index is -0.336. The van der Waals surface area contributed by atoms with Gasteiger partial charge in [-0.3, -0.25) is 19.2 Å². The Morgan fingerprint density at radius 3 is 1.35 bits per heavy atom. The van der Waals surface area contributed by atoms with Crippen molar-refractivity contribution in [1.82, 2.24) is 0 Å². The molecular formula is C20H18N2O4. The van der Waals surface area contributed by atoms with E-state index in [1.54, 1.807) is 50.5 Å². The first kappa shape index (κ1) is 17.5. The first-order valence-electron chi connectivity index (χ1n) is 8.09. The second-order valence-electron chi connectivity index (χ2n) is 6.21. The van der Waals surface area contributed by atoms with Crippen molar-refractivity contribution in [2.45, 2.75) is 13.8 Å².